The van der Waals surface area contributed by atoms with Gasteiger partial charge in [-0.1, -0.05) is 6.92 Å². The molecule has 3 nitrogen and oxygen atoms in total. The quantitative estimate of drug-likeness (QED) is 0.905. The molecule has 1 fully saturated rings. The molecule has 1 aromatic heterocycles. The second kappa shape index (κ2) is 7.23. The summed E-state index contributed by atoms with van der Waals surface area (Å²) in [5, 5.41) is 3.44. The molecule has 20 heavy (non-hydrogen) atoms. The maximum absolute atomic E-state index is 12.3. The fourth-order valence-corrected chi connectivity index (χ4v) is 3.80. The van der Waals surface area contributed by atoms with Crippen LogP contribution in [0.3, 0.4) is 0 Å². The number of carbonyl (C=O) groups excluding carboxylic acids is 1. The minimum atomic E-state index is 0.272. The first kappa shape index (κ1) is 15.5. The van der Waals surface area contributed by atoms with Crippen molar-refractivity contribution in [1.82, 2.24) is 10.2 Å². The number of hydrogen-bond donors (Lipinski definition) is 1. The average Bonchev–Trinajstić information content (AvgIpc) is 2.85. The van der Waals surface area contributed by atoms with Gasteiger partial charge in [-0.3, -0.25) is 4.79 Å². The Morgan fingerprint density at radius 1 is 1.55 bits per heavy atom. The van der Waals surface area contributed by atoms with Gasteiger partial charge in [-0.25, -0.2) is 0 Å². The highest BCUT2D eigenvalue weighted by atomic mass is 32.1. The molecule has 4 heteroatoms. The van der Waals surface area contributed by atoms with Crippen LogP contribution in [0.4, 0.5) is 0 Å². The van der Waals surface area contributed by atoms with Crippen LogP contribution < -0.4 is 5.32 Å². The number of amides is 1. The van der Waals surface area contributed by atoms with Gasteiger partial charge in [-0.2, -0.15) is 0 Å². The number of nitrogens with one attached hydrogen (secondary N) is 1. The Balaban J connectivity index is 1.80. The van der Waals surface area contributed by atoms with Gasteiger partial charge in [-0.15, -0.1) is 11.3 Å². The molecular formula is C16H26N2OS. The lowest BCUT2D eigenvalue weighted by molar-refractivity contribution is -0.131. The van der Waals surface area contributed by atoms with Crippen LogP contribution in [0.1, 0.15) is 35.9 Å². The zero-order valence-corrected chi connectivity index (χ0v) is 13.6. The van der Waals surface area contributed by atoms with E-state index in [0.29, 0.717) is 18.3 Å². The summed E-state index contributed by atoms with van der Waals surface area (Å²) < 4.78 is 0. The molecule has 2 atom stereocenters. The Bertz CT molecular complexity index is 437. The molecule has 1 aromatic rings. The second-order valence-electron chi connectivity index (χ2n) is 6.05. The number of rotatable bonds is 5. The van der Waals surface area contributed by atoms with Crippen molar-refractivity contribution in [3.8, 4) is 0 Å². The van der Waals surface area contributed by atoms with Crippen LogP contribution in [0, 0.1) is 18.8 Å². The Kier molecular flexibility index (Phi) is 5.61. The summed E-state index contributed by atoms with van der Waals surface area (Å²) in [6.07, 6.45) is 3.18. The topological polar surface area (TPSA) is 32.3 Å². The van der Waals surface area contributed by atoms with Crippen molar-refractivity contribution < 1.29 is 4.79 Å². The zero-order chi connectivity index (χ0) is 14.5. The summed E-state index contributed by atoms with van der Waals surface area (Å²) in [4.78, 5) is 16.8. The molecule has 1 aliphatic heterocycles. The van der Waals surface area contributed by atoms with E-state index in [0.717, 1.165) is 19.6 Å². The van der Waals surface area contributed by atoms with Crippen LogP contribution in [-0.2, 0) is 11.3 Å². The molecule has 2 unspecified atom stereocenters. The van der Waals surface area contributed by atoms with Crippen LogP contribution in [0.25, 0.3) is 0 Å². The SMILES string of the molecule is Cc1ccc(CN(C)C(=O)CC(C)C2CCCNC2)s1. The summed E-state index contributed by atoms with van der Waals surface area (Å²) in [6.45, 7) is 7.27. The number of aryl methyl sites for hydroxylation is 1. The maximum atomic E-state index is 12.3. The van der Waals surface area contributed by atoms with Crippen LogP contribution in [0.2, 0.25) is 0 Å². The molecular weight excluding hydrogens is 268 g/mol. The summed E-state index contributed by atoms with van der Waals surface area (Å²) >= 11 is 1.78. The van der Waals surface area contributed by atoms with Crippen molar-refractivity contribution in [2.24, 2.45) is 11.8 Å². The first-order valence-corrected chi connectivity index (χ1v) is 8.38. The van der Waals surface area contributed by atoms with Gasteiger partial charge in [0, 0.05) is 23.2 Å². The maximum Gasteiger partial charge on any atom is 0.222 e. The van der Waals surface area contributed by atoms with E-state index in [2.05, 4.69) is 31.3 Å². The van der Waals surface area contributed by atoms with Crippen molar-refractivity contribution in [3.63, 3.8) is 0 Å². The van der Waals surface area contributed by atoms with Crippen molar-refractivity contribution in [2.75, 3.05) is 20.1 Å². The number of carbonyl (C=O) groups is 1. The second-order valence-corrected chi connectivity index (χ2v) is 7.42. The Morgan fingerprint density at radius 2 is 2.35 bits per heavy atom. The average molecular weight is 294 g/mol. The first-order chi connectivity index (χ1) is 9.56. The highest BCUT2D eigenvalue weighted by molar-refractivity contribution is 7.11. The Morgan fingerprint density at radius 3 is 2.95 bits per heavy atom. The van der Waals surface area contributed by atoms with E-state index in [9.17, 15) is 4.79 Å². The van der Waals surface area contributed by atoms with Gasteiger partial charge < -0.3 is 10.2 Å². The lowest BCUT2D eigenvalue weighted by Crippen LogP contribution is -2.36. The number of piperidine rings is 1. The molecule has 0 saturated carbocycles. The summed E-state index contributed by atoms with van der Waals surface area (Å²) in [5.74, 6) is 1.40. The standard InChI is InChI=1S/C16H26N2OS/c1-12(14-5-4-8-17-10-14)9-16(19)18(3)11-15-7-6-13(2)20-15/h6-7,12,14,17H,4-5,8-11H2,1-3H3. The fourth-order valence-electron chi connectivity index (χ4n) is 2.85. The van der Waals surface area contributed by atoms with Crippen molar-refractivity contribution >= 4 is 17.2 Å². The third-order valence-corrected chi connectivity index (χ3v) is 5.24. The number of nitrogens with zero attached hydrogens (tertiary/aromatic N) is 1. The normalized spacial score (nSPS) is 20.6. The molecule has 1 N–H and O–H groups in total. The van der Waals surface area contributed by atoms with Gasteiger partial charge in [0.1, 0.15) is 0 Å². The van der Waals surface area contributed by atoms with Crippen LogP contribution in [-0.4, -0.2) is 30.9 Å². The minimum Gasteiger partial charge on any atom is -0.341 e. The van der Waals surface area contributed by atoms with Crippen LogP contribution in [0.5, 0.6) is 0 Å². The van der Waals surface area contributed by atoms with E-state index < -0.39 is 0 Å². The lowest BCUT2D eigenvalue weighted by atomic mass is 9.85. The molecule has 112 valence electrons. The monoisotopic (exact) mass is 294 g/mol. The highest BCUT2D eigenvalue weighted by Gasteiger charge is 2.23. The molecule has 1 saturated heterocycles. The summed E-state index contributed by atoms with van der Waals surface area (Å²) in [6, 6.07) is 4.24. The number of hydrogen-bond acceptors (Lipinski definition) is 3. The van der Waals surface area contributed by atoms with Crippen molar-refractivity contribution in [1.29, 1.82) is 0 Å². The molecule has 1 amide bonds. The lowest BCUT2D eigenvalue weighted by Gasteiger charge is -2.29. The van der Waals surface area contributed by atoms with Crippen molar-refractivity contribution in [3.05, 3.63) is 21.9 Å². The van der Waals surface area contributed by atoms with Gasteiger partial charge in [-0.05, 0) is 56.8 Å². The van der Waals surface area contributed by atoms with Gasteiger partial charge in [0.25, 0.3) is 0 Å². The van der Waals surface area contributed by atoms with Gasteiger partial charge >= 0.3 is 0 Å². The van der Waals surface area contributed by atoms with E-state index in [1.54, 1.807) is 11.3 Å². The van der Waals surface area contributed by atoms with E-state index in [1.807, 2.05) is 11.9 Å². The predicted octanol–water partition coefficient (Wildman–Crippen LogP) is 3.04. The predicted molar refractivity (Wildman–Crippen MR) is 84.9 cm³/mol. The molecule has 2 heterocycles. The smallest absolute Gasteiger partial charge is 0.222 e. The molecule has 0 aliphatic carbocycles. The van der Waals surface area contributed by atoms with E-state index >= 15 is 0 Å². The zero-order valence-electron chi connectivity index (χ0n) is 12.8. The first-order valence-electron chi connectivity index (χ1n) is 7.56. The third-order valence-electron chi connectivity index (χ3n) is 4.25. The molecule has 0 bridgehead atoms. The molecule has 0 radical (unpaired) electrons. The van der Waals surface area contributed by atoms with Crippen LogP contribution in [0.15, 0.2) is 12.1 Å². The van der Waals surface area contributed by atoms with Gasteiger partial charge in [0.2, 0.25) is 5.91 Å². The summed E-state index contributed by atoms with van der Waals surface area (Å²) in [7, 11) is 1.92. The molecule has 2 rings (SSSR count). The minimum absolute atomic E-state index is 0.272. The van der Waals surface area contributed by atoms with Crippen LogP contribution >= 0.6 is 11.3 Å². The van der Waals surface area contributed by atoms with Gasteiger partial charge in [0.15, 0.2) is 0 Å². The van der Waals surface area contributed by atoms with E-state index in [1.165, 1.54) is 22.6 Å². The van der Waals surface area contributed by atoms with Crippen molar-refractivity contribution in [2.45, 2.75) is 39.7 Å². The Hall–Kier alpha value is -0.870. The molecule has 1 aliphatic rings. The van der Waals surface area contributed by atoms with E-state index in [-0.39, 0.29) is 5.91 Å². The van der Waals surface area contributed by atoms with Gasteiger partial charge in [0.05, 0.1) is 6.54 Å². The summed E-state index contributed by atoms with van der Waals surface area (Å²) in [5.41, 5.74) is 0. The molecule has 0 aromatic carbocycles. The van der Waals surface area contributed by atoms with E-state index in [4.69, 9.17) is 0 Å². The number of thiophene rings is 1. The molecule has 0 spiro atoms. The fraction of sp³-hybridized carbons (Fsp3) is 0.688. The third kappa shape index (κ3) is 4.32. The highest BCUT2D eigenvalue weighted by Crippen LogP contribution is 2.24. The Labute approximate surface area is 126 Å². The largest absolute Gasteiger partial charge is 0.341 e.